The number of hydrogen-bond donors (Lipinski definition) is 2. The molecule has 1 aromatic rings. The molecule has 0 atom stereocenters. The van der Waals surface area contributed by atoms with Gasteiger partial charge in [0, 0.05) is 32.9 Å². The first kappa shape index (κ1) is 21.3. The van der Waals surface area contributed by atoms with Crippen LogP contribution >= 0.6 is 0 Å². The summed E-state index contributed by atoms with van der Waals surface area (Å²) < 4.78 is 21.9. The fourth-order valence-electron chi connectivity index (χ4n) is 2.86. The number of aliphatic imine (C=N–C) groups is 1. The lowest BCUT2D eigenvalue weighted by Crippen LogP contribution is -2.38. The number of nitrogens with one attached hydrogen (secondary N) is 2. The maximum absolute atomic E-state index is 5.90. The zero-order valence-electron chi connectivity index (χ0n) is 16.8. The predicted octanol–water partition coefficient (Wildman–Crippen LogP) is 2.34. The molecule has 152 valence electrons. The molecular weight excluding hydrogens is 346 g/mol. The van der Waals surface area contributed by atoms with E-state index in [9.17, 15) is 0 Å². The second kappa shape index (κ2) is 12.4. The minimum atomic E-state index is 0.353. The fourth-order valence-corrected chi connectivity index (χ4v) is 2.86. The Hall–Kier alpha value is -1.99. The van der Waals surface area contributed by atoms with Gasteiger partial charge in [0.05, 0.1) is 26.9 Å². The highest BCUT2D eigenvalue weighted by Gasteiger charge is 2.13. The Morgan fingerprint density at radius 1 is 1.15 bits per heavy atom. The van der Waals surface area contributed by atoms with Crippen molar-refractivity contribution in [3.8, 4) is 11.5 Å². The molecule has 2 N–H and O–H groups in total. The SMILES string of the molecule is CCNC(=NCc1ccc(OC)c(OC)c1)NCCCOC1CCOCC1. The van der Waals surface area contributed by atoms with Crippen LogP contribution in [0.2, 0.25) is 0 Å². The van der Waals surface area contributed by atoms with Gasteiger partial charge in [0.2, 0.25) is 0 Å². The van der Waals surface area contributed by atoms with E-state index in [2.05, 4.69) is 22.5 Å². The molecule has 1 aromatic carbocycles. The Kier molecular flexibility index (Phi) is 9.79. The molecule has 27 heavy (non-hydrogen) atoms. The highest BCUT2D eigenvalue weighted by atomic mass is 16.5. The quantitative estimate of drug-likeness (QED) is 0.369. The summed E-state index contributed by atoms with van der Waals surface area (Å²) in [6, 6.07) is 5.85. The number of benzene rings is 1. The molecule has 0 spiro atoms. The summed E-state index contributed by atoms with van der Waals surface area (Å²) in [5, 5.41) is 6.63. The molecule has 0 amide bonds. The Bertz CT molecular complexity index is 574. The van der Waals surface area contributed by atoms with Gasteiger partial charge in [0.1, 0.15) is 0 Å². The number of methoxy groups -OCH3 is 2. The first-order valence-corrected chi connectivity index (χ1v) is 9.69. The van der Waals surface area contributed by atoms with Crippen molar-refractivity contribution < 1.29 is 18.9 Å². The van der Waals surface area contributed by atoms with Gasteiger partial charge in [0.15, 0.2) is 17.5 Å². The van der Waals surface area contributed by atoms with E-state index in [1.807, 2.05) is 18.2 Å². The molecule has 1 saturated heterocycles. The van der Waals surface area contributed by atoms with Crippen molar-refractivity contribution in [2.45, 2.75) is 38.8 Å². The van der Waals surface area contributed by atoms with Gasteiger partial charge in [0.25, 0.3) is 0 Å². The van der Waals surface area contributed by atoms with E-state index in [1.165, 1.54) is 0 Å². The molecule has 0 aromatic heterocycles. The van der Waals surface area contributed by atoms with Gasteiger partial charge in [-0.1, -0.05) is 6.07 Å². The Morgan fingerprint density at radius 2 is 1.93 bits per heavy atom. The van der Waals surface area contributed by atoms with E-state index in [0.717, 1.165) is 69.4 Å². The summed E-state index contributed by atoms with van der Waals surface area (Å²) in [6.45, 7) is 6.65. The molecule has 1 aliphatic rings. The maximum atomic E-state index is 5.90. The molecule has 2 rings (SSSR count). The highest BCUT2D eigenvalue weighted by molar-refractivity contribution is 5.79. The number of hydrogen-bond acceptors (Lipinski definition) is 5. The standard InChI is InChI=1S/C20H33N3O4/c1-4-21-20(22-10-5-11-27-17-8-12-26-13-9-17)23-15-16-6-7-18(24-2)19(14-16)25-3/h6-7,14,17H,4-5,8-13,15H2,1-3H3,(H2,21,22,23). The molecule has 7 nitrogen and oxygen atoms in total. The average molecular weight is 380 g/mol. The molecule has 1 fully saturated rings. The van der Waals surface area contributed by atoms with Crippen molar-refractivity contribution in [1.82, 2.24) is 10.6 Å². The number of nitrogens with zero attached hydrogens (tertiary/aromatic N) is 1. The van der Waals surface area contributed by atoms with Crippen LogP contribution < -0.4 is 20.1 Å². The monoisotopic (exact) mass is 379 g/mol. The normalized spacial score (nSPS) is 15.4. The average Bonchev–Trinajstić information content (AvgIpc) is 2.72. The molecule has 7 heteroatoms. The van der Waals surface area contributed by atoms with Crippen LogP contribution in [0.3, 0.4) is 0 Å². The van der Waals surface area contributed by atoms with Crippen LogP contribution in [0.15, 0.2) is 23.2 Å². The van der Waals surface area contributed by atoms with E-state index >= 15 is 0 Å². The molecule has 0 aliphatic carbocycles. The largest absolute Gasteiger partial charge is 0.493 e. The van der Waals surface area contributed by atoms with Crippen molar-refractivity contribution in [3.63, 3.8) is 0 Å². The Morgan fingerprint density at radius 3 is 2.63 bits per heavy atom. The molecule has 0 unspecified atom stereocenters. The molecule has 1 aliphatic heterocycles. The van der Waals surface area contributed by atoms with Gasteiger partial charge in [-0.15, -0.1) is 0 Å². The lowest BCUT2D eigenvalue weighted by atomic mass is 10.1. The summed E-state index contributed by atoms with van der Waals surface area (Å²) in [5.74, 6) is 2.24. The second-order valence-electron chi connectivity index (χ2n) is 6.35. The highest BCUT2D eigenvalue weighted by Crippen LogP contribution is 2.27. The lowest BCUT2D eigenvalue weighted by Gasteiger charge is -2.22. The van der Waals surface area contributed by atoms with Crippen molar-refractivity contribution in [2.75, 3.05) is 47.1 Å². The first-order valence-electron chi connectivity index (χ1n) is 9.69. The summed E-state index contributed by atoms with van der Waals surface area (Å²) in [5.41, 5.74) is 1.06. The number of rotatable bonds is 10. The van der Waals surface area contributed by atoms with Gasteiger partial charge in [-0.25, -0.2) is 4.99 Å². The third-order valence-corrected chi connectivity index (χ3v) is 4.35. The topological polar surface area (TPSA) is 73.3 Å². The van der Waals surface area contributed by atoms with Gasteiger partial charge in [-0.05, 0) is 43.9 Å². The van der Waals surface area contributed by atoms with E-state index < -0.39 is 0 Å². The summed E-state index contributed by atoms with van der Waals surface area (Å²) in [7, 11) is 3.27. The smallest absolute Gasteiger partial charge is 0.191 e. The fraction of sp³-hybridized carbons (Fsp3) is 0.650. The second-order valence-corrected chi connectivity index (χ2v) is 6.35. The molecule has 0 bridgehead atoms. The molecule has 0 radical (unpaired) electrons. The predicted molar refractivity (Wildman–Crippen MR) is 107 cm³/mol. The van der Waals surface area contributed by atoms with Gasteiger partial charge >= 0.3 is 0 Å². The Balaban J connectivity index is 1.76. The molecule has 0 saturated carbocycles. The number of ether oxygens (including phenoxy) is 4. The van der Waals surface area contributed by atoms with Crippen molar-refractivity contribution in [2.24, 2.45) is 4.99 Å². The minimum absolute atomic E-state index is 0.353. The lowest BCUT2D eigenvalue weighted by molar-refractivity contribution is -0.0320. The number of guanidine groups is 1. The van der Waals surface area contributed by atoms with Crippen LogP contribution in [0.25, 0.3) is 0 Å². The van der Waals surface area contributed by atoms with Crippen LogP contribution in [-0.4, -0.2) is 59.2 Å². The molecule has 1 heterocycles. The van der Waals surface area contributed by atoms with Crippen LogP contribution in [0.1, 0.15) is 31.7 Å². The minimum Gasteiger partial charge on any atom is -0.493 e. The maximum Gasteiger partial charge on any atom is 0.191 e. The summed E-state index contributed by atoms with van der Waals surface area (Å²) in [6.07, 6.45) is 3.30. The molecular formula is C20H33N3O4. The van der Waals surface area contributed by atoms with Crippen LogP contribution in [-0.2, 0) is 16.0 Å². The van der Waals surface area contributed by atoms with Crippen LogP contribution in [0.4, 0.5) is 0 Å². The third kappa shape index (κ3) is 7.64. The zero-order valence-corrected chi connectivity index (χ0v) is 16.8. The van der Waals surface area contributed by atoms with Crippen molar-refractivity contribution in [3.05, 3.63) is 23.8 Å². The Labute approximate surface area is 162 Å². The summed E-state index contributed by atoms with van der Waals surface area (Å²) >= 11 is 0. The van der Waals surface area contributed by atoms with Gasteiger partial charge in [-0.3, -0.25) is 0 Å². The van der Waals surface area contributed by atoms with Crippen molar-refractivity contribution >= 4 is 5.96 Å². The zero-order chi connectivity index (χ0) is 19.3. The van der Waals surface area contributed by atoms with E-state index in [1.54, 1.807) is 14.2 Å². The van der Waals surface area contributed by atoms with E-state index in [4.69, 9.17) is 18.9 Å². The van der Waals surface area contributed by atoms with Crippen LogP contribution in [0.5, 0.6) is 11.5 Å². The van der Waals surface area contributed by atoms with Gasteiger partial charge in [-0.2, -0.15) is 0 Å². The van der Waals surface area contributed by atoms with E-state index in [0.29, 0.717) is 18.4 Å². The third-order valence-electron chi connectivity index (χ3n) is 4.35. The van der Waals surface area contributed by atoms with Gasteiger partial charge < -0.3 is 29.6 Å². The summed E-state index contributed by atoms with van der Waals surface area (Å²) in [4.78, 5) is 4.64. The van der Waals surface area contributed by atoms with Crippen LogP contribution in [0, 0.1) is 0 Å². The first-order chi connectivity index (χ1) is 13.3. The van der Waals surface area contributed by atoms with Crippen molar-refractivity contribution in [1.29, 1.82) is 0 Å². The van der Waals surface area contributed by atoms with E-state index in [-0.39, 0.29) is 0 Å².